The first kappa shape index (κ1) is 15.2. The number of hydrogen-bond donors (Lipinski definition) is 1. The first-order chi connectivity index (χ1) is 12.3. The Kier molecular flexibility index (Phi) is 3.46. The molecule has 1 spiro atoms. The molecule has 0 radical (unpaired) electrons. The van der Waals surface area contributed by atoms with Crippen LogP contribution in [0, 0.1) is 5.92 Å². The van der Waals surface area contributed by atoms with Gasteiger partial charge in [-0.15, -0.1) is 0 Å². The summed E-state index contributed by atoms with van der Waals surface area (Å²) in [4.78, 5) is 12.9. The van der Waals surface area contributed by atoms with Gasteiger partial charge in [0.2, 0.25) is 0 Å². The molecule has 2 fully saturated rings. The van der Waals surface area contributed by atoms with Gasteiger partial charge in [0.05, 0.1) is 6.61 Å². The molecule has 1 saturated carbocycles. The highest BCUT2D eigenvalue weighted by Gasteiger charge is 2.45. The molecule has 3 aliphatic rings. The molecule has 1 saturated heterocycles. The molecule has 5 rings (SSSR count). The van der Waals surface area contributed by atoms with E-state index in [2.05, 4.69) is 35.6 Å². The van der Waals surface area contributed by atoms with Crippen LogP contribution in [0.4, 0.5) is 0 Å². The van der Waals surface area contributed by atoms with Crippen LogP contribution < -0.4 is 10.1 Å². The predicted molar refractivity (Wildman–Crippen MR) is 97.3 cm³/mol. The van der Waals surface area contributed by atoms with E-state index in [4.69, 9.17) is 4.74 Å². The van der Waals surface area contributed by atoms with Gasteiger partial charge in [0, 0.05) is 22.5 Å². The van der Waals surface area contributed by atoms with Gasteiger partial charge in [0.25, 0.3) is 0 Å². The fourth-order valence-corrected chi connectivity index (χ4v) is 4.61. The number of ketones is 1. The Morgan fingerprint density at radius 1 is 1.08 bits per heavy atom. The van der Waals surface area contributed by atoms with Crippen LogP contribution in [0.2, 0.25) is 0 Å². The van der Waals surface area contributed by atoms with Crippen molar-refractivity contribution in [2.24, 2.45) is 5.92 Å². The summed E-state index contributed by atoms with van der Waals surface area (Å²) in [5.41, 5.74) is 3.56. The average molecular weight is 333 g/mol. The quantitative estimate of drug-likeness (QED) is 0.871. The van der Waals surface area contributed by atoms with E-state index in [-0.39, 0.29) is 17.1 Å². The molecular formula is C22H23NO2. The third-order valence-electron chi connectivity index (χ3n) is 6.26. The third-order valence-corrected chi connectivity index (χ3v) is 6.26. The maximum Gasteiger partial charge on any atom is 0.166 e. The lowest BCUT2D eigenvalue weighted by Crippen LogP contribution is -2.40. The maximum atomic E-state index is 12.9. The molecule has 25 heavy (non-hydrogen) atoms. The fourth-order valence-electron chi connectivity index (χ4n) is 4.61. The van der Waals surface area contributed by atoms with Gasteiger partial charge in [-0.1, -0.05) is 42.5 Å². The van der Waals surface area contributed by atoms with Gasteiger partial charge < -0.3 is 10.1 Å². The maximum absolute atomic E-state index is 12.9. The van der Waals surface area contributed by atoms with E-state index in [0.29, 0.717) is 5.92 Å². The molecule has 3 heteroatoms. The second kappa shape index (κ2) is 5.70. The van der Waals surface area contributed by atoms with Crippen molar-refractivity contribution >= 4 is 5.78 Å². The average Bonchev–Trinajstić information content (AvgIpc) is 3.41. The molecule has 2 aromatic carbocycles. The number of fused-ring (bicyclic) bond motifs is 2. The molecule has 1 N–H and O–H groups in total. The van der Waals surface area contributed by atoms with Crippen molar-refractivity contribution in [2.75, 3.05) is 19.7 Å². The number of hydrogen-bond acceptors (Lipinski definition) is 3. The van der Waals surface area contributed by atoms with Crippen LogP contribution in [0.5, 0.6) is 5.75 Å². The van der Waals surface area contributed by atoms with Crippen LogP contribution >= 0.6 is 0 Å². The summed E-state index contributed by atoms with van der Waals surface area (Å²) < 4.78 is 6.01. The van der Waals surface area contributed by atoms with Gasteiger partial charge in [-0.2, -0.15) is 0 Å². The monoisotopic (exact) mass is 333 g/mol. The van der Waals surface area contributed by atoms with Crippen molar-refractivity contribution in [3.63, 3.8) is 0 Å². The van der Waals surface area contributed by atoms with Gasteiger partial charge in [0.15, 0.2) is 5.78 Å². The standard InChI is InChI=1S/C22H23NO2/c24-21(18-13-17(18)15-4-2-1-3-5-15)16-6-7-19-20(12-16)25-14-22(19)8-10-23-11-9-22/h1-7,12,17-18,23H,8-11,13-14H2. The molecule has 2 aliphatic heterocycles. The molecule has 0 bridgehead atoms. The summed E-state index contributed by atoms with van der Waals surface area (Å²) in [5.74, 6) is 1.73. The van der Waals surface area contributed by atoms with Gasteiger partial charge in [-0.3, -0.25) is 4.79 Å². The van der Waals surface area contributed by atoms with Crippen molar-refractivity contribution in [3.8, 4) is 5.75 Å². The minimum atomic E-state index is 0.134. The number of rotatable bonds is 3. The Labute approximate surface area is 148 Å². The molecule has 128 valence electrons. The zero-order valence-corrected chi connectivity index (χ0v) is 14.3. The van der Waals surface area contributed by atoms with E-state index in [1.165, 1.54) is 11.1 Å². The van der Waals surface area contributed by atoms with Crippen LogP contribution in [-0.4, -0.2) is 25.5 Å². The predicted octanol–water partition coefficient (Wildman–Crippen LogP) is 3.69. The number of ether oxygens (including phenoxy) is 1. The van der Waals surface area contributed by atoms with Gasteiger partial charge in [0.1, 0.15) is 5.75 Å². The topological polar surface area (TPSA) is 38.3 Å². The molecule has 2 unspecified atom stereocenters. The van der Waals surface area contributed by atoms with Gasteiger partial charge in [-0.25, -0.2) is 0 Å². The van der Waals surface area contributed by atoms with Crippen LogP contribution in [-0.2, 0) is 5.41 Å². The Bertz CT molecular complexity index is 808. The van der Waals surface area contributed by atoms with E-state index < -0.39 is 0 Å². The lowest BCUT2D eigenvalue weighted by Gasteiger charge is -2.32. The second-order valence-electron chi connectivity index (χ2n) is 7.75. The zero-order chi connectivity index (χ0) is 16.9. The Morgan fingerprint density at radius 2 is 1.88 bits per heavy atom. The molecule has 3 nitrogen and oxygen atoms in total. The highest BCUT2D eigenvalue weighted by atomic mass is 16.5. The van der Waals surface area contributed by atoms with E-state index in [1.54, 1.807) is 0 Å². The molecule has 0 aromatic heterocycles. The van der Waals surface area contributed by atoms with Crippen LogP contribution in [0.25, 0.3) is 0 Å². The number of piperidine rings is 1. The van der Waals surface area contributed by atoms with Crippen LogP contribution in [0.3, 0.4) is 0 Å². The van der Waals surface area contributed by atoms with E-state index >= 15 is 0 Å². The molecule has 2 aromatic rings. The summed E-state index contributed by atoms with van der Waals surface area (Å²) in [6, 6.07) is 16.6. The van der Waals surface area contributed by atoms with Crippen LogP contribution in [0.15, 0.2) is 48.5 Å². The lowest BCUT2D eigenvalue weighted by atomic mass is 9.74. The Morgan fingerprint density at radius 3 is 2.68 bits per heavy atom. The normalized spacial score (nSPS) is 26.1. The lowest BCUT2D eigenvalue weighted by molar-refractivity contribution is 0.0965. The Hall–Kier alpha value is -2.13. The SMILES string of the molecule is O=C(c1ccc2c(c1)OCC21CCNCC1)C1CC1c1ccccc1. The third kappa shape index (κ3) is 2.49. The number of carbonyl (C=O) groups excluding carboxylic acids is 1. The first-order valence-corrected chi connectivity index (χ1v) is 9.34. The van der Waals surface area contributed by atoms with E-state index in [9.17, 15) is 4.79 Å². The van der Waals surface area contributed by atoms with E-state index in [1.807, 2.05) is 18.2 Å². The highest BCUT2D eigenvalue weighted by molar-refractivity contribution is 6.00. The molecule has 1 aliphatic carbocycles. The van der Waals surface area contributed by atoms with Crippen molar-refractivity contribution in [1.82, 2.24) is 5.32 Å². The minimum absolute atomic E-state index is 0.134. The van der Waals surface area contributed by atoms with Crippen molar-refractivity contribution in [3.05, 3.63) is 65.2 Å². The Balaban J connectivity index is 1.37. The summed E-state index contributed by atoms with van der Waals surface area (Å²) >= 11 is 0. The molecule has 0 amide bonds. The van der Waals surface area contributed by atoms with Gasteiger partial charge >= 0.3 is 0 Å². The number of nitrogens with one attached hydrogen (secondary N) is 1. The largest absolute Gasteiger partial charge is 0.492 e. The van der Waals surface area contributed by atoms with Crippen LogP contribution in [0.1, 0.15) is 46.7 Å². The number of benzene rings is 2. The smallest absolute Gasteiger partial charge is 0.166 e. The highest BCUT2D eigenvalue weighted by Crippen LogP contribution is 2.50. The molecule has 2 heterocycles. The van der Waals surface area contributed by atoms with Crippen molar-refractivity contribution < 1.29 is 9.53 Å². The van der Waals surface area contributed by atoms with E-state index in [0.717, 1.165) is 50.3 Å². The number of Topliss-reactive ketones (excluding diaryl/α,β-unsaturated/α-hetero) is 1. The zero-order valence-electron chi connectivity index (χ0n) is 14.3. The summed E-state index contributed by atoms with van der Waals surface area (Å²) in [6.45, 7) is 2.85. The minimum Gasteiger partial charge on any atom is -0.492 e. The fraction of sp³-hybridized carbons (Fsp3) is 0.409. The molecule has 2 atom stereocenters. The first-order valence-electron chi connectivity index (χ1n) is 9.34. The van der Waals surface area contributed by atoms with Crippen molar-refractivity contribution in [1.29, 1.82) is 0 Å². The van der Waals surface area contributed by atoms with Gasteiger partial charge in [-0.05, 0) is 49.9 Å². The summed E-state index contributed by atoms with van der Waals surface area (Å²) in [6.07, 6.45) is 3.20. The molecular weight excluding hydrogens is 310 g/mol. The number of carbonyl (C=O) groups is 1. The summed E-state index contributed by atoms with van der Waals surface area (Å²) in [5, 5.41) is 3.43. The summed E-state index contributed by atoms with van der Waals surface area (Å²) in [7, 11) is 0. The second-order valence-corrected chi connectivity index (χ2v) is 7.75. The van der Waals surface area contributed by atoms with Crippen molar-refractivity contribution in [2.45, 2.75) is 30.6 Å².